The van der Waals surface area contributed by atoms with E-state index in [4.69, 9.17) is 0 Å². The lowest BCUT2D eigenvalue weighted by molar-refractivity contribution is -0.142. The fourth-order valence-electron chi connectivity index (χ4n) is 2.61. The number of aliphatic carboxylic acids is 1. The Morgan fingerprint density at radius 2 is 2.21 bits per heavy atom. The highest BCUT2D eigenvalue weighted by atomic mass is 16.4. The Kier molecular flexibility index (Phi) is 2.62. The topological polar surface area (TPSA) is 83.6 Å². The Morgan fingerprint density at radius 1 is 1.42 bits per heavy atom. The molecule has 1 N–H and O–H groups in total. The first-order valence-electron chi connectivity index (χ1n) is 6.22. The van der Waals surface area contributed by atoms with Crippen LogP contribution >= 0.6 is 0 Å². The van der Waals surface area contributed by atoms with Gasteiger partial charge in [-0.3, -0.25) is 9.20 Å². The third-order valence-corrected chi connectivity index (χ3v) is 3.71. The van der Waals surface area contributed by atoms with Crippen LogP contribution in [0.15, 0.2) is 12.4 Å². The smallest absolute Gasteiger partial charge is 0.308 e. The van der Waals surface area contributed by atoms with Crippen LogP contribution in [0.5, 0.6) is 0 Å². The molecule has 0 radical (unpaired) electrons. The summed E-state index contributed by atoms with van der Waals surface area (Å²) >= 11 is 0. The molecule has 19 heavy (non-hydrogen) atoms. The lowest BCUT2D eigenvalue weighted by Gasteiger charge is -2.16. The molecule has 0 aromatic carbocycles. The number of anilines is 1. The van der Waals surface area contributed by atoms with Crippen LogP contribution in [0.1, 0.15) is 12.7 Å². The Morgan fingerprint density at radius 3 is 2.89 bits per heavy atom. The molecular formula is C12H15N5O2. The van der Waals surface area contributed by atoms with Gasteiger partial charge in [0.05, 0.1) is 5.92 Å². The standard InChI is InChI=1S/C12H15N5O2/c1-7-5-16(6-9(7)12(18)19)10-11-15-14-8(2)17(11)4-3-13-10/h3-4,7,9H,5-6H2,1-2H3,(H,18,19). The Labute approximate surface area is 109 Å². The number of carboxylic acids is 1. The molecule has 1 saturated heterocycles. The average molecular weight is 261 g/mol. The maximum absolute atomic E-state index is 11.2. The van der Waals surface area contributed by atoms with Crippen molar-refractivity contribution in [2.24, 2.45) is 11.8 Å². The van der Waals surface area contributed by atoms with Gasteiger partial charge in [0.1, 0.15) is 5.82 Å². The van der Waals surface area contributed by atoms with E-state index in [0.717, 1.165) is 5.82 Å². The van der Waals surface area contributed by atoms with Gasteiger partial charge in [-0.1, -0.05) is 6.92 Å². The third kappa shape index (κ3) is 1.81. The second-order valence-corrected chi connectivity index (χ2v) is 5.02. The van der Waals surface area contributed by atoms with Gasteiger partial charge in [0.15, 0.2) is 5.82 Å². The summed E-state index contributed by atoms with van der Waals surface area (Å²) < 4.78 is 1.86. The van der Waals surface area contributed by atoms with E-state index in [1.807, 2.05) is 29.3 Å². The van der Waals surface area contributed by atoms with Crippen LogP contribution in [-0.4, -0.2) is 43.7 Å². The molecular weight excluding hydrogens is 246 g/mol. The first kappa shape index (κ1) is 11.9. The summed E-state index contributed by atoms with van der Waals surface area (Å²) in [6.45, 7) is 4.97. The summed E-state index contributed by atoms with van der Waals surface area (Å²) in [4.78, 5) is 17.5. The second-order valence-electron chi connectivity index (χ2n) is 5.02. The molecule has 3 heterocycles. The maximum atomic E-state index is 11.2. The molecule has 100 valence electrons. The van der Waals surface area contributed by atoms with Gasteiger partial charge in [0, 0.05) is 25.5 Å². The van der Waals surface area contributed by atoms with Crippen molar-refractivity contribution in [3.63, 3.8) is 0 Å². The first-order valence-corrected chi connectivity index (χ1v) is 6.22. The molecule has 0 aliphatic carbocycles. The fraction of sp³-hybridized carbons (Fsp3) is 0.500. The number of aromatic nitrogens is 4. The fourth-order valence-corrected chi connectivity index (χ4v) is 2.61. The number of rotatable bonds is 2. The van der Waals surface area contributed by atoms with Crippen molar-refractivity contribution in [3.05, 3.63) is 18.2 Å². The van der Waals surface area contributed by atoms with Crippen molar-refractivity contribution in [2.75, 3.05) is 18.0 Å². The van der Waals surface area contributed by atoms with Gasteiger partial charge in [0.25, 0.3) is 0 Å². The van der Waals surface area contributed by atoms with E-state index in [2.05, 4.69) is 15.2 Å². The largest absolute Gasteiger partial charge is 0.481 e. The van der Waals surface area contributed by atoms with Crippen molar-refractivity contribution in [2.45, 2.75) is 13.8 Å². The highest BCUT2D eigenvalue weighted by Crippen LogP contribution is 2.28. The van der Waals surface area contributed by atoms with Gasteiger partial charge in [0.2, 0.25) is 5.65 Å². The molecule has 7 nitrogen and oxygen atoms in total. The van der Waals surface area contributed by atoms with E-state index >= 15 is 0 Å². The minimum absolute atomic E-state index is 0.101. The molecule has 7 heteroatoms. The molecule has 2 atom stereocenters. The maximum Gasteiger partial charge on any atom is 0.308 e. The van der Waals surface area contributed by atoms with Crippen LogP contribution in [0.25, 0.3) is 5.65 Å². The van der Waals surface area contributed by atoms with E-state index in [1.165, 1.54) is 0 Å². The zero-order valence-electron chi connectivity index (χ0n) is 10.8. The van der Waals surface area contributed by atoms with Crippen molar-refractivity contribution < 1.29 is 9.90 Å². The second kappa shape index (κ2) is 4.18. The quantitative estimate of drug-likeness (QED) is 0.851. The zero-order chi connectivity index (χ0) is 13.6. The summed E-state index contributed by atoms with van der Waals surface area (Å²) in [6.07, 6.45) is 3.50. The van der Waals surface area contributed by atoms with Crippen LogP contribution in [-0.2, 0) is 4.79 Å². The minimum atomic E-state index is -0.750. The van der Waals surface area contributed by atoms with Gasteiger partial charge in [-0.15, -0.1) is 10.2 Å². The first-order chi connectivity index (χ1) is 9.08. The lowest BCUT2D eigenvalue weighted by Crippen LogP contribution is -2.24. The number of hydrogen-bond donors (Lipinski definition) is 1. The number of nitrogens with zero attached hydrogens (tertiary/aromatic N) is 5. The SMILES string of the molecule is Cc1nnc2c(N3CC(C)C(C(=O)O)C3)nccn12. The minimum Gasteiger partial charge on any atom is -0.481 e. The van der Waals surface area contributed by atoms with Gasteiger partial charge in [-0.25, -0.2) is 4.98 Å². The van der Waals surface area contributed by atoms with Crippen molar-refractivity contribution in [1.82, 2.24) is 19.6 Å². The summed E-state index contributed by atoms with van der Waals surface area (Å²) in [7, 11) is 0. The highest BCUT2D eigenvalue weighted by Gasteiger charge is 2.36. The number of fused-ring (bicyclic) bond motifs is 1. The van der Waals surface area contributed by atoms with E-state index in [1.54, 1.807) is 6.20 Å². The van der Waals surface area contributed by atoms with Crippen LogP contribution in [0.3, 0.4) is 0 Å². The molecule has 0 amide bonds. The van der Waals surface area contributed by atoms with Gasteiger partial charge in [-0.05, 0) is 12.8 Å². The number of hydrogen-bond acceptors (Lipinski definition) is 5. The summed E-state index contributed by atoms with van der Waals surface area (Å²) in [5.41, 5.74) is 0.679. The normalized spacial score (nSPS) is 23.2. The Hall–Kier alpha value is -2.18. The summed E-state index contributed by atoms with van der Waals surface area (Å²) in [5.74, 6) is 0.494. The van der Waals surface area contributed by atoms with Crippen molar-refractivity contribution >= 4 is 17.4 Å². The molecule has 1 aliphatic heterocycles. The van der Waals surface area contributed by atoms with E-state index in [0.29, 0.717) is 24.6 Å². The van der Waals surface area contributed by atoms with Crippen LogP contribution in [0.4, 0.5) is 5.82 Å². The van der Waals surface area contributed by atoms with Crippen LogP contribution in [0, 0.1) is 18.8 Å². The van der Waals surface area contributed by atoms with Gasteiger partial charge >= 0.3 is 5.97 Å². The van der Waals surface area contributed by atoms with Crippen molar-refractivity contribution in [3.8, 4) is 0 Å². The summed E-state index contributed by atoms with van der Waals surface area (Å²) in [5, 5.41) is 17.3. The molecule has 1 fully saturated rings. The summed E-state index contributed by atoms with van der Waals surface area (Å²) in [6, 6.07) is 0. The molecule has 1 aliphatic rings. The number of aryl methyl sites for hydroxylation is 1. The van der Waals surface area contributed by atoms with Crippen molar-refractivity contribution in [1.29, 1.82) is 0 Å². The van der Waals surface area contributed by atoms with E-state index in [-0.39, 0.29) is 11.8 Å². The van der Waals surface area contributed by atoms with Crippen LogP contribution < -0.4 is 4.90 Å². The molecule has 3 rings (SSSR count). The lowest BCUT2D eigenvalue weighted by atomic mass is 9.99. The van der Waals surface area contributed by atoms with Gasteiger partial charge < -0.3 is 10.0 Å². The zero-order valence-corrected chi connectivity index (χ0v) is 10.8. The molecule has 2 aromatic heterocycles. The molecule has 0 bridgehead atoms. The van der Waals surface area contributed by atoms with Gasteiger partial charge in [-0.2, -0.15) is 0 Å². The van der Waals surface area contributed by atoms with Crippen LogP contribution in [0.2, 0.25) is 0 Å². The molecule has 2 aromatic rings. The molecule has 0 saturated carbocycles. The van der Waals surface area contributed by atoms with E-state index in [9.17, 15) is 9.90 Å². The average Bonchev–Trinajstić information content (AvgIpc) is 2.94. The highest BCUT2D eigenvalue weighted by molar-refractivity contribution is 5.74. The molecule has 0 spiro atoms. The Bertz CT molecular complexity index is 638. The number of carboxylic acid groups (broad SMARTS) is 1. The Balaban J connectivity index is 2.00. The number of carbonyl (C=O) groups is 1. The predicted octanol–water partition coefficient (Wildman–Crippen LogP) is 0.590. The monoisotopic (exact) mass is 261 g/mol. The molecule has 2 unspecified atom stereocenters. The third-order valence-electron chi connectivity index (χ3n) is 3.71. The predicted molar refractivity (Wildman–Crippen MR) is 68.0 cm³/mol. The van der Waals surface area contributed by atoms with E-state index < -0.39 is 5.97 Å².